The fourth-order valence-electron chi connectivity index (χ4n) is 2.40. The molecule has 1 aliphatic carbocycles. The average molecular weight is 275 g/mol. The number of ether oxygens (including phenoxy) is 1. The first kappa shape index (κ1) is 15.0. The SMILES string of the molecule is CCN[C@H]1C[C@@H](Oc2ccc(CC(=O)C(C)C)cc2)C1. The van der Waals surface area contributed by atoms with Crippen LogP contribution < -0.4 is 10.1 Å². The van der Waals surface area contributed by atoms with Crippen molar-refractivity contribution in [2.24, 2.45) is 5.92 Å². The van der Waals surface area contributed by atoms with Crippen molar-refractivity contribution < 1.29 is 9.53 Å². The summed E-state index contributed by atoms with van der Waals surface area (Å²) in [6.07, 6.45) is 3.02. The van der Waals surface area contributed by atoms with E-state index < -0.39 is 0 Å². The largest absolute Gasteiger partial charge is 0.490 e. The van der Waals surface area contributed by atoms with Crippen molar-refractivity contribution in [3.63, 3.8) is 0 Å². The van der Waals surface area contributed by atoms with E-state index in [4.69, 9.17) is 4.74 Å². The third-order valence-corrected chi connectivity index (χ3v) is 3.84. The molecule has 1 fully saturated rings. The summed E-state index contributed by atoms with van der Waals surface area (Å²) in [4.78, 5) is 11.7. The first-order chi connectivity index (χ1) is 9.58. The lowest BCUT2D eigenvalue weighted by atomic mass is 9.89. The normalized spacial score (nSPS) is 21.6. The van der Waals surface area contributed by atoms with Gasteiger partial charge < -0.3 is 10.1 Å². The molecule has 3 heteroatoms. The van der Waals surface area contributed by atoms with Crippen molar-refractivity contribution in [1.29, 1.82) is 0 Å². The minimum absolute atomic E-state index is 0.101. The molecule has 0 heterocycles. The number of nitrogens with one attached hydrogen (secondary N) is 1. The molecule has 1 aliphatic rings. The van der Waals surface area contributed by atoms with Crippen molar-refractivity contribution in [2.45, 2.75) is 52.2 Å². The van der Waals surface area contributed by atoms with Crippen molar-refractivity contribution in [3.8, 4) is 5.75 Å². The van der Waals surface area contributed by atoms with Crippen LogP contribution in [0.5, 0.6) is 5.75 Å². The third kappa shape index (κ3) is 4.07. The topological polar surface area (TPSA) is 38.3 Å². The Hall–Kier alpha value is -1.35. The molecule has 1 aromatic carbocycles. The zero-order valence-electron chi connectivity index (χ0n) is 12.7. The van der Waals surface area contributed by atoms with E-state index in [0.29, 0.717) is 18.6 Å². The lowest BCUT2D eigenvalue weighted by Crippen LogP contribution is -2.46. The summed E-state index contributed by atoms with van der Waals surface area (Å²) in [6, 6.07) is 8.56. The molecular weight excluding hydrogens is 250 g/mol. The van der Waals surface area contributed by atoms with Crippen LogP contribution in [0.2, 0.25) is 0 Å². The highest BCUT2D eigenvalue weighted by Gasteiger charge is 2.29. The van der Waals surface area contributed by atoms with Crippen LogP contribution in [0.3, 0.4) is 0 Å². The smallest absolute Gasteiger partial charge is 0.139 e. The Morgan fingerprint density at radius 3 is 2.50 bits per heavy atom. The molecule has 0 amide bonds. The van der Waals surface area contributed by atoms with E-state index in [0.717, 1.165) is 30.7 Å². The predicted octanol–water partition coefficient (Wildman–Crippen LogP) is 2.97. The highest BCUT2D eigenvalue weighted by molar-refractivity contribution is 5.82. The highest BCUT2D eigenvalue weighted by atomic mass is 16.5. The van der Waals surface area contributed by atoms with Gasteiger partial charge in [-0.1, -0.05) is 32.9 Å². The zero-order valence-corrected chi connectivity index (χ0v) is 12.7. The first-order valence-electron chi connectivity index (χ1n) is 7.60. The molecule has 0 spiro atoms. The minimum atomic E-state index is 0.101. The molecule has 0 saturated heterocycles. The number of carbonyl (C=O) groups excluding carboxylic acids is 1. The summed E-state index contributed by atoms with van der Waals surface area (Å²) < 4.78 is 5.91. The highest BCUT2D eigenvalue weighted by Crippen LogP contribution is 2.26. The predicted molar refractivity (Wildman–Crippen MR) is 81.1 cm³/mol. The molecule has 3 nitrogen and oxygen atoms in total. The molecule has 0 atom stereocenters. The summed E-state index contributed by atoms with van der Waals surface area (Å²) in [5.41, 5.74) is 1.06. The second-order valence-corrected chi connectivity index (χ2v) is 5.91. The van der Waals surface area contributed by atoms with E-state index in [2.05, 4.69) is 12.2 Å². The Morgan fingerprint density at radius 2 is 1.95 bits per heavy atom. The molecule has 0 bridgehead atoms. The number of carbonyl (C=O) groups is 1. The fraction of sp³-hybridized carbons (Fsp3) is 0.588. The van der Waals surface area contributed by atoms with Crippen LogP contribution in [0.15, 0.2) is 24.3 Å². The van der Waals surface area contributed by atoms with Crippen LogP contribution in [-0.2, 0) is 11.2 Å². The van der Waals surface area contributed by atoms with Gasteiger partial charge in [-0.3, -0.25) is 4.79 Å². The van der Waals surface area contributed by atoms with Gasteiger partial charge in [-0.2, -0.15) is 0 Å². The lowest BCUT2D eigenvalue weighted by Gasteiger charge is -2.35. The standard InChI is InChI=1S/C17H25NO2/c1-4-18-14-10-16(11-14)20-15-7-5-13(6-8-15)9-17(19)12(2)3/h5-8,12,14,16,18H,4,9-11H2,1-3H3/t14-,16+. The number of hydrogen-bond donors (Lipinski definition) is 1. The molecule has 1 N–H and O–H groups in total. The molecule has 1 saturated carbocycles. The van der Waals surface area contributed by atoms with Crippen LogP contribution in [0.1, 0.15) is 39.2 Å². The summed E-state index contributed by atoms with van der Waals surface area (Å²) in [5, 5.41) is 3.42. The zero-order chi connectivity index (χ0) is 14.5. The van der Waals surface area contributed by atoms with Gasteiger partial charge in [-0.05, 0) is 37.1 Å². The average Bonchev–Trinajstić information content (AvgIpc) is 2.38. The molecular formula is C17H25NO2. The van der Waals surface area contributed by atoms with Crippen LogP contribution in [-0.4, -0.2) is 24.5 Å². The molecule has 0 aromatic heterocycles. The molecule has 2 rings (SSSR count). The van der Waals surface area contributed by atoms with Crippen molar-refractivity contribution in [1.82, 2.24) is 5.32 Å². The van der Waals surface area contributed by atoms with E-state index in [1.54, 1.807) is 0 Å². The number of Topliss-reactive ketones (excluding diaryl/α,β-unsaturated/α-hetero) is 1. The summed E-state index contributed by atoms with van der Waals surface area (Å²) in [6.45, 7) is 7.04. The van der Waals surface area contributed by atoms with Crippen LogP contribution in [0.25, 0.3) is 0 Å². The molecule has 0 aliphatic heterocycles. The van der Waals surface area contributed by atoms with E-state index in [1.807, 2.05) is 38.1 Å². The van der Waals surface area contributed by atoms with Crippen LogP contribution in [0.4, 0.5) is 0 Å². The summed E-state index contributed by atoms with van der Waals surface area (Å²) in [5.74, 6) is 1.29. The summed E-state index contributed by atoms with van der Waals surface area (Å²) in [7, 11) is 0. The van der Waals surface area contributed by atoms with Crippen molar-refractivity contribution in [2.75, 3.05) is 6.54 Å². The van der Waals surface area contributed by atoms with E-state index in [-0.39, 0.29) is 11.7 Å². The van der Waals surface area contributed by atoms with Gasteiger partial charge in [-0.25, -0.2) is 0 Å². The van der Waals surface area contributed by atoms with Gasteiger partial charge in [0, 0.05) is 18.4 Å². The number of ketones is 1. The van der Waals surface area contributed by atoms with Gasteiger partial charge in [-0.15, -0.1) is 0 Å². The van der Waals surface area contributed by atoms with Crippen molar-refractivity contribution in [3.05, 3.63) is 29.8 Å². The quantitative estimate of drug-likeness (QED) is 0.831. The number of hydrogen-bond acceptors (Lipinski definition) is 3. The maximum atomic E-state index is 11.7. The van der Waals surface area contributed by atoms with Gasteiger partial charge in [0.05, 0.1) is 0 Å². The van der Waals surface area contributed by atoms with Gasteiger partial charge in [0.25, 0.3) is 0 Å². The van der Waals surface area contributed by atoms with E-state index >= 15 is 0 Å². The third-order valence-electron chi connectivity index (χ3n) is 3.84. The maximum Gasteiger partial charge on any atom is 0.139 e. The first-order valence-corrected chi connectivity index (χ1v) is 7.60. The van der Waals surface area contributed by atoms with E-state index in [9.17, 15) is 4.79 Å². The van der Waals surface area contributed by atoms with Gasteiger partial charge in [0.2, 0.25) is 0 Å². The Kier molecular flexibility index (Phi) is 5.18. The second-order valence-electron chi connectivity index (χ2n) is 5.91. The number of rotatable bonds is 7. The number of benzene rings is 1. The Morgan fingerprint density at radius 1 is 1.30 bits per heavy atom. The van der Waals surface area contributed by atoms with E-state index in [1.165, 1.54) is 0 Å². The Labute approximate surface area is 121 Å². The Balaban J connectivity index is 1.79. The molecule has 0 unspecified atom stereocenters. The van der Waals surface area contributed by atoms with Gasteiger partial charge in [0.1, 0.15) is 17.6 Å². The molecule has 1 aromatic rings. The second kappa shape index (κ2) is 6.89. The molecule has 0 radical (unpaired) electrons. The lowest BCUT2D eigenvalue weighted by molar-refractivity contribution is -0.121. The fourth-order valence-corrected chi connectivity index (χ4v) is 2.40. The molecule has 110 valence electrons. The van der Waals surface area contributed by atoms with Gasteiger partial charge >= 0.3 is 0 Å². The monoisotopic (exact) mass is 275 g/mol. The van der Waals surface area contributed by atoms with Crippen LogP contribution >= 0.6 is 0 Å². The minimum Gasteiger partial charge on any atom is -0.490 e. The van der Waals surface area contributed by atoms with Crippen LogP contribution in [0, 0.1) is 5.92 Å². The Bertz CT molecular complexity index is 433. The summed E-state index contributed by atoms with van der Waals surface area (Å²) >= 11 is 0. The van der Waals surface area contributed by atoms with Gasteiger partial charge in [0.15, 0.2) is 0 Å². The maximum absolute atomic E-state index is 11.7. The van der Waals surface area contributed by atoms with Crippen molar-refractivity contribution >= 4 is 5.78 Å². The molecule has 20 heavy (non-hydrogen) atoms.